The third-order valence-corrected chi connectivity index (χ3v) is 2.73. The second-order valence-electron chi connectivity index (χ2n) is 5.94. The largest absolute Gasteiger partial charge is 0.460 e. The third-order valence-electron chi connectivity index (χ3n) is 2.73. The quantitative estimate of drug-likeness (QED) is 0.783. The lowest BCUT2D eigenvalue weighted by molar-refractivity contribution is -0.155. The van der Waals surface area contributed by atoms with Crippen molar-refractivity contribution in [3.63, 3.8) is 0 Å². The Hall–Kier alpha value is -1.88. The van der Waals surface area contributed by atoms with Crippen LogP contribution < -0.4 is 11.1 Å². The van der Waals surface area contributed by atoms with E-state index < -0.39 is 11.6 Å². The molecule has 0 aliphatic rings. The highest BCUT2D eigenvalue weighted by Gasteiger charge is 2.19. The van der Waals surface area contributed by atoms with Crippen molar-refractivity contribution in [1.82, 2.24) is 5.32 Å². The second kappa shape index (κ2) is 7.78. The van der Waals surface area contributed by atoms with Crippen LogP contribution in [0.1, 0.15) is 39.2 Å². The van der Waals surface area contributed by atoms with Gasteiger partial charge in [-0.3, -0.25) is 9.59 Å². The standard InChI is InChI=1S/C16H24N2O3/c1-16(2,3)21-14(19)10-9-13(17)15(20)18-11-12-7-5-4-6-8-12/h4-8,13H,9-11,17H2,1-3H3,(H,18,20)/t13-/m0/s1. The minimum atomic E-state index is -0.707. The summed E-state index contributed by atoms with van der Waals surface area (Å²) in [6, 6.07) is 8.87. The van der Waals surface area contributed by atoms with Crippen LogP contribution in [0.15, 0.2) is 30.3 Å². The maximum absolute atomic E-state index is 11.8. The summed E-state index contributed by atoms with van der Waals surface area (Å²) in [5.74, 6) is -0.601. The average molecular weight is 292 g/mol. The monoisotopic (exact) mass is 292 g/mol. The summed E-state index contributed by atoms with van der Waals surface area (Å²) in [5.41, 5.74) is 6.26. The summed E-state index contributed by atoms with van der Waals surface area (Å²) in [5, 5.41) is 2.75. The number of nitrogens with one attached hydrogen (secondary N) is 1. The number of amides is 1. The molecule has 1 aromatic rings. The molecule has 0 unspecified atom stereocenters. The Labute approximate surface area is 125 Å². The maximum atomic E-state index is 11.8. The van der Waals surface area contributed by atoms with E-state index in [0.29, 0.717) is 6.54 Å². The zero-order chi connectivity index (χ0) is 15.9. The smallest absolute Gasteiger partial charge is 0.306 e. The van der Waals surface area contributed by atoms with Crippen molar-refractivity contribution in [3.8, 4) is 0 Å². The minimum absolute atomic E-state index is 0.136. The fourth-order valence-corrected chi connectivity index (χ4v) is 1.71. The van der Waals surface area contributed by atoms with Crippen molar-refractivity contribution in [3.05, 3.63) is 35.9 Å². The Kier molecular flexibility index (Phi) is 6.37. The minimum Gasteiger partial charge on any atom is -0.460 e. The topological polar surface area (TPSA) is 81.4 Å². The van der Waals surface area contributed by atoms with E-state index in [1.165, 1.54) is 0 Å². The van der Waals surface area contributed by atoms with Crippen LogP contribution in [0.2, 0.25) is 0 Å². The fraction of sp³-hybridized carbons (Fsp3) is 0.500. The van der Waals surface area contributed by atoms with Crippen LogP contribution in [0.25, 0.3) is 0 Å². The van der Waals surface area contributed by atoms with Crippen molar-refractivity contribution in [1.29, 1.82) is 0 Å². The van der Waals surface area contributed by atoms with Crippen molar-refractivity contribution in [2.24, 2.45) is 5.73 Å². The van der Waals surface area contributed by atoms with Crippen molar-refractivity contribution >= 4 is 11.9 Å². The molecule has 0 aliphatic carbocycles. The molecule has 0 spiro atoms. The van der Waals surface area contributed by atoms with Crippen LogP contribution in [0, 0.1) is 0 Å². The van der Waals surface area contributed by atoms with E-state index >= 15 is 0 Å². The number of nitrogens with two attached hydrogens (primary N) is 1. The molecule has 0 fully saturated rings. The van der Waals surface area contributed by atoms with E-state index in [4.69, 9.17) is 10.5 Å². The number of rotatable bonds is 6. The highest BCUT2D eigenvalue weighted by Crippen LogP contribution is 2.09. The summed E-state index contributed by atoms with van der Waals surface area (Å²) in [6.07, 6.45) is 0.409. The van der Waals surface area contributed by atoms with E-state index in [1.54, 1.807) is 20.8 Å². The SMILES string of the molecule is CC(C)(C)OC(=O)CC[C@H](N)C(=O)NCc1ccccc1. The van der Waals surface area contributed by atoms with Gasteiger partial charge in [-0.25, -0.2) is 0 Å². The fourth-order valence-electron chi connectivity index (χ4n) is 1.71. The van der Waals surface area contributed by atoms with Crippen LogP contribution in [-0.4, -0.2) is 23.5 Å². The van der Waals surface area contributed by atoms with E-state index in [9.17, 15) is 9.59 Å². The molecule has 1 atom stereocenters. The lowest BCUT2D eigenvalue weighted by Gasteiger charge is -2.20. The zero-order valence-electron chi connectivity index (χ0n) is 12.9. The first-order valence-corrected chi connectivity index (χ1v) is 7.07. The predicted octanol–water partition coefficient (Wildman–Crippen LogP) is 1.75. The Morgan fingerprint density at radius 2 is 1.86 bits per heavy atom. The van der Waals surface area contributed by atoms with E-state index in [2.05, 4.69) is 5.32 Å². The molecular weight excluding hydrogens is 268 g/mol. The molecule has 0 saturated heterocycles. The number of benzene rings is 1. The van der Waals surface area contributed by atoms with Gasteiger partial charge < -0.3 is 15.8 Å². The summed E-state index contributed by atoms with van der Waals surface area (Å²) < 4.78 is 5.17. The highest BCUT2D eigenvalue weighted by atomic mass is 16.6. The van der Waals surface area contributed by atoms with Crippen molar-refractivity contribution in [2.45, 2.75) is 51.8 Å². The Bertz CT molecular complexity index is 466. The van der Waals surface area contributed by atoms with Gasteiger partial charge in [0.15, 0.2) is 0 Å². The van der Waals surface area contributed by atoms with Crippen molar-refractivity contribution < 1.29 is 14.3 Å². The molecule has 5 heteroatoms. The molecule has 1 amide bonds. The zero-order valence-corrected chi connectivity index (χ0v) is 12.9. The molecule has 0 bridgehead atoms. The predicted molar refractivity (Wildman–Crippen MR) is 81.3 cm³/mol. The van der Waals surface area contributed by atoms with Gasteiger partial charge >= 0.3 is 5.97 Å². The lowest BCUT2D eigenvalue weighted by atomic mass is 10.1. The molecule has 3 N–H and O–H groups in total. The van der Waals surface area contributed by atoms with E-state index in [1.807, 2.05) is 30.3 Å². The molecule has 21 heavy (non-hydrogen) atoms. The van der Waals surface area contributed by atoms with Crippen LogP contribution in [0.3, 0.4) is 0 Å². The van der Waals surface area contributed by atoms with Crippen molar-refractivity contribution in [2.75, 3.05) is 0 Å². The van der Waals surface area contributed by atoms with Gasteiger partial charge in [-0.2, -0.15) is 0 Å². The lowest BCUT2D eigenvalue weighted by Crippen LogP contribution is -2.40. The first-order chi connectivity index (χ1) is 9.78. The summed E-state index contributed by atoms with van der Waals surface area (Å²) >= 11 is 0. The average Bonchev–Trinajstić information content (AvgIpc) is 2.41. The Morgan fingerprint density at radius 1 is 1.24 bits per heavy atom. The molecule has 1 rings (SSSR count). The van der Waals surface area contributed by atoms with Gasteiger partial charge in [0.05, 0.1) is 6.04 Å². The van der Waals surface area contributed by atoms with Gasteiger partial charge in [0.25, 0.3) is 0 Å². The Morgan fingerprint density at radius 3 is 2.43 bits per heavy atom. The van der Waals surface area contributed by atoms with Gasteiger partial charge in [-0.05, 0) is 32.8 Å². The molecule has 0 heterocycles. The van der Waals surface area contributed by atoms with Gasteiger partial charge in [0, 0.05) is 13.0 Å². The molecule has 5 nitrogen and oxygen atoms in total. The van der Waals surface area contributed by atoms with Crippen LogP contribution >= 0.6 is 0 Å². The van der Waals surface area contributed by atoms with Gasteiger partial charge in [-0.15, -0.1) is 0 Å². The number of ether oxygens (including phenoxy) is 1. The van der Waals surface area contributed by atoms with E-state index in [-0.39, 0.29) is 24.7 Å². The molecule has 0 aliphatic heterocycles. The number of carbonyl (C=O) groups is 2. The molecule has 116 valence electrons. The number of carbonyl (C=O) groups excluding carboxylic acids is 2. The first-order valence-electron chi connectivity index (χ1n) is 7.07. The molecule has 1 aromatic carbocycles. The van der Waals surface area contributed by atoms with Crippen LogP contribution in [0.4, 0.5) is 0 Å². The van der Waals surface area contributed by atoms with Gasteiger partial charge in [0.1, 0.15) is 5.60 Å². The summed E-state index contributed by atoms with van der Waals surface area (Å²) in [6.45, 7) is 5.84. The molecular formula is C16H24N2O3. The normalized spacial score (nSPS) is 12.6. The third kappa shape index (κ3) is 7.46. The number of esters is 1. The second-order valence-corrected chi connectivity index (χ2v) is 5.94. The van der Waals surface area contributed by atoms with Gasteiger partial charge in [-0.1, -0.05) is 30.3 Å². The molecule has 0 radical (unpaired) electrons. The molecule has 0 saturated carbocycles. The highest BCUT2D eigenvalue weighted by molar-refractivity contribution is 5.82. The Balaban J connectivity index is 2.30. The maximum Gasteiger partial charge on any atom is 0.306 e. The van der Waals surface area contributed by atoms with E-state index in [0.717, 1.165) is 5.56 Å². The van der Waals surface area contributed by atoms with Gasteiger partial charge in [0.2, 0.25) is 5.91 Å². The molecule has 0 aromatic heterocycles. The summed E-state index contributed by atoms with van der Waals surface area (Å²) in [7, 11) is 0. The first kappa shape index (κ1) is 17.2. The van der Waals surface area contributed by atoms with Crippen LogP contribution in [0.5, 0.6) is 0 Å². The summed E-state index contributed by atoms with van der Waals surface area (Å²) in [4.78, 5) is 23.4. The number of hydrogen-bond donors (Lipinski definition) is 2. The number of hydrogen-bond acceptors (Lipinski definition) is 4. The van der Waals surface area contributed by atoms with Crippen LogP contribution in [-0.2, 0) is 20.9 Å².